The van der Waals surface area contributed by atoms with Crippen molar-refractivity contribution in [3.63, 3.8) is 0 Å². The number of hydrogen-bond donors (Lipinski definition) is 1. The summed E-state index contributed by atoms with van der Waals surface area (Å²) < 4.78 is 1.79. The molecule has 108 valence electrons. The van der Waals surface area contributed by atoms with E-state index in [0.29, 0.717) is 5.69 Å². The van der Waals surface area contributed by atoms with Gasteiger partial charge in [0.25, 0.3) is 5.69 Å². The number of aromatic nitrogens is 2. The molecule has 2 rings (SSSR count). The van der Waals surface area contributed by atoms with Crippen molar-refractivity contribution in [2.75, 3.05) is 0 Å². The van der Waals surface area contributed by atoms with Gasteiger partial charge in [0.2, 0.25) is 0 Å². The highest BCUT2D eigenvalue weighted by Crippen LogP contribution is 2.24. The molecule has 0 bridgehead atoms. The molecule has 7 nitrogen and oxygen atoms in total. The van der Waals surface area contributed by atoms with Crippen LogP contribution in [0.1, 0.15) is 17.0 Å². The van der Waals surface area contributed by atoms with Crippen LogP contribution in [-0.4, -0.2) is 25.6 Å². The van der Waals surface area contributed by atoms with E-state index in [-0.39, 0.29) is 11.3 Å². The first-order valence-corrected chi connectivity index (χ1v) is 6.10. The summed E-state index contributed by atoms with van der Waals surface area (Å²) in [5.41, 5.74) is 2.54. The fourth-order valence-corrected chi connectivity index (χ4v) is 1.91. The number of nitro groups is 1. The van der Waals surface area contributed by atoms with Gasteiger partial charge < -0.3 is 9.67 Å². The van der Waals surface area contributed by atoms with Crippen LogP contribution in [0.2, 0.25) is 0 Å². The second-order valence-corrected chi connectivity index (χ2v) is 4.46. The molecule has 0 spiro atoms. The van der Waals surface area contributed by atoms with Crippen molar-refractivity contribution in [2.24, 2.45) is 0 Å². The molecule has 0 saturated heterocycles. The van der Waals surface area contributed by atoms with Gasteiger partial charge in [0, 0.05) is 23.5 Å². The molecule has 0 radical (unpaired) electrons. The number of carboxylic acid groups (broad SMARTS) is 1. The van der Waals surface area contributed by atoms with Crippen LogP contribution in [0, 0.1) is 24.0 Å². The van der Waals surface area contributed by atoms with Crippen molar-refractivity contribution < 1.29 is 14.8 Å². The number of aryl methyl sites for hydroxylation is 1. The lowest BCUT2D eigenvalue weighted by molar-refractivity contribution is -0.385. The summed E-state index contributed by atoms with van der Waals surface area (Å²) in [5.74, 6) is -1.16. The first-order chi connectivity index (χ1) is 9.90. The number of carboxylic acids is 1. The van der Waals surface area contributed by atoms with E-state index in [9.17, 15) is 14.9 Å². The van der Waals surface area contributed by atoms with E-state index in [4.69, 9.17) is 5.11 Å². The van der Waals surface area contributed by atoms with Gasteiger partial charge in [0.15, 0.2) is 0 Å². The van der Waals surface area contributed by atoms with Crippen LogP contribution >= 0.6 is 0 Å². The van der Waals surface area contributed by atoms with Gasteiger partial charge in [0.05, 0.1) is 22.5 Å². The Morgan fingerprint density at radius 2 is 2.14 bits per heavy atom. The van der Waals surface area contributed by atoms with E-state index < -0.39 is 10.9 Å². The largest absolute Gasteiger partial charge is 0.478 e. The van der Waals surface area contributed by atoms with E-state index in [1.807, 2.05) is 13.8 Å². The topological polar surface area (TPSA) is 98.3 Å². The molecule has 0 unspecified atom stereocenters. The fraction of sp³-hybridized carbons (Fsp3) is 0.143. The Morgan fingerprint density at radius 3 is 2.67 bits per heavy atom. The number of carbonyl (C=O) groups is 1. The maximum atomic E-state index is 11.0. The number of aliphatic carboxylic acids is 1. The van der Waals surface area contributed by atoms with Gasteiger partial charge in [0.1, 0.15) is 0 Å². The lowest BCUT2D eigenvalue weighted by atomic mass is 10.1. The minimum absolute atomic E-state index is 0.147. The number of hydrogen-bond acceptors (Lipinski definition) is 4. The molecule has 1 heterocycles. The molecule has 0 atom stereocenters. The highest BCUT2D eigenvalue weighted by molar-refractivity contribution is 5.86. The molecule has 0 aliphatic carbocycles. The fourth-order valence-electron chi connectivity index (χ4n) is 1.91. The van der Waals surface area contributed by atoms with Crippen LogP contribution in [0.5, 0.6) is 0 Å². The monoisotopic (exact) mass is 287 g/mol. The molecule has 1 N–H and O–H groups in total. The quantitative estimate of drug-likeness (QED) is 0.529. The summed E-state index contributed by atoms with van der Waals surface area (Å²) >= 11 is 0. The van der Waals surface area contributed by atoms with Gasteiger partial charge in [-0.25, -0.2) is 9.78 Å². The van der Waals surface area contributed by atoms with E-state index in [0.717, 1.165) is 17.5 Å². The van der Waals surface area contributed by atoms with Gasteiger partial charge >= 0.3 is 5.97 Å². The highest BCUT2D eigenvalue weighted by atomic mass is 16.6. The molecule has 0 amide bonds. The first kappa shape index (κ1) is 14.4. The average molecular weight is 287 g/mol. The minimum atomic E-state index is -1.16. The first-order valence-electron chi connectivity index (χ1n) is 6.10. The normalized spacial score (nSPS) is 11.0. The zero-order valence-electron chi connectivity index (χ0n) is 11.5. The van der Waals surface area contributed by atoms with Crippen molar-refractivity contribution in [3.05, 3.63) is 57.7 Å². The van der Waals surface area contributed by atoms with Crippen LogP contribution in [0.3, 0.4) is 0 Å². The Morgan fingerprint density at radius 1 is 1.43 bits per heavy atom. The number of nitro benzene ring substituents is 1. The van der Waals surface area contributed by atoms with Gasteiger partial charge in [-0.05, 0) is 32.1 Å². The third kappa shape index (κ3) is 2.97. The average Bonchev–Trinajstić information content (AvgIpc) is 2.76. The Labute approximate surface area is 120 Å². The Bertz CT molecular complexity index is 747. The number of benzene rings is 1. The molecular weight excluding hydrogens is 274 g/mol. The molecule has 0 saturated carbocycles. The van der Waals surface area contributed by atoms with E-state index >= 15 is 0 Å². The van der Waals surface area contributed by atoms with Gasteiger partial charge in [-0.15, -0.1) is 0 Å². The summed E-state index contributed by atoms with van der Waals surface area (Å²) in [7, 11) is 0. The van der Waals surface area contributed by atoms with Crippen molar-refractivity contribution in [2.45, 2.75) is 13.8 Å². The van der Waals surface area contributed by atoms with Crippen molar-refractivity contribution in [3.8, 4) is 5.69 Å². The van der Waals surface area contributed by atoms with E-state index in [1.54, 1.807) is 23.0 Å². The second kappa shape index (κ2) is 5.58. The maximum Gasteiger partial charge on any atom is 0.328 e. The van der Waals surface area contributed by atoms with Crippen LogP contribution in [0.15, 0.2) is 30.6 Å². The lowest BCUT2D eigenvalue weighted by Gasteiger charge is -2.07. The number of imidazole rings is 1. The van der Waals surface area contributed by atoms with Crippen molar-refractivity contribution in [1.82, 2.24) is 9.55 Å². The van der Waals surface area contributed by atoms with Gasteiger partial charge in [-0.2, -0.15) is 0 Å². The minimum Gasteiger partial charge on any atom is -0.478 e. The SMILES string of the molecule is Cc1ncn(-c2ccc([N+](=O)[O-])c(/C=C/C(=O)O)c2)c1C. The summed E-state index contributed by atoms with van der Waals surface area (Å²) in [6, 6.07) is 4.52. The molecule has 2 aromatic rings. The lowest BCUT2D eigenvalue weighted by Crippen LogP contribution is -1.99. The zero-order valence-corrected chi connectivity index (χ0v) is 11.5. The maximum absolute atomic E-state index is 11.0. The van der Waals surface area contributed by atoms with Crippen LogP contribution in [0.25, 0.3) is 11.8 Å². The van der Waals surface area contributed by atoms with Gasteiger partial charge in [-0.1, -0.05) is 0 Å². The number of nitrogens with zero attached hydrogens (tertiary/aromatic N) is 3. The molecule has 0 aliphatic heterocycles. The summed E-state index contributed by atoms with van der Waals surface area (Å²) in [5, 5.41) is 19.7. The molecule has 7 heteroatoms. The molecule has 21 heavy (non-hydrogen) atoms. The summed E-state index contributed by atoms with van der Waals surface area (Å²) in [6.07, 6.45) is 3.71. The molecule has 0 fully saturated rings. The molecule has 1 aromatic carbocycles. The summed E-state index contributed by atoms with van der Waals surface area (Å²) in [4.78, 5) is 25.2. The predicted octanol–water partition coefficient (Wildman–Crippen LogP) is 2.50. The van der Waals surface area contributed by atoms with Crippen LogP contribution in [0.4, 0.5) is 5.69 Å². The van der Waals surface area contributed by atoms with Crippen LogP contribution < -0.4 is 0 Å². The smallest absolute Gasteiger partial charge is 0.328 e. The second-order valence-electron chi connectivity index (χ2n) is 4.46. The molecule has 0 aliphatic rings. The molecule has 1 aromatic heterocycles. The predicted molar refractivity (Wildman–Crippen MR) is 76.4 cm³/mol. The Balaban J connectivity index is 2.56. The van der Waals surface area contributed by atoms with E-state index in [1.165, 1.54) is 12.1 Å². The zero-order chi connectivity index (χ0) is 15.6. The van der Waals surface area contributed by atoms with Crippen molar-refractivity contribution >= 4 is 17.7 Å². The number of rotatable bonds is 4. The highest BCUT2D eigenvalue weighted by Gasteiger charge is 2.14. The third-order valence-corrected chi connectivity index (χ3v) is 3.14. The Kier molecular flexibility index (Phi) is 3.84. The van der Waals surface area contributed by atoms with Gasteiger partial charge in [-0.3, -0.25) is 10.1 Å². The van der Waals surface area contributed by atoms with Crippen LogP contribution in [-0.2, 0) is 4.79 Å². The van der Waals surface area contributed by atoms with Crippen molar-refractivity contribution in [1.29, 1.82) is 0 Å². The van der Waals surface area contributed by atoms with E-state index in [2.05, 4.69) is 4.98 Å². The molecular formula is C14H13N3O4. The third-order valence-electron chi connectivity index (χ3n) is 3.14. The standard InChI is InChI=1S/C14H13N3O4/c1-9-10(2)16(8-15-9)12-4-5-13(17(20)21)11(7-12)3-6-14(18)19/h3-8H,1-2H3,(H,18,19)/b6-3+. The summed E-state index contributed by atoms with van der Waals surface area (Å²) in [6.45, 7) is 3.75. The Hall–Kier alpha value is -2.96.